The highest BCUT2D eigenvalue weighted by atomic mass is 32.2. The first kappa shape index (κ1) is 13.8. The zero-order valence-corrected chi connectivity index (χ0v) is 12.4. The van der Waals surface area contributed by atoms with Crippen molar-refractivity contribution in [2.75, 3.05) is 6.26 Å². The molecule has 0 unspecified atom stereocenters. The van der Waals surface area contributed by atoms with Gasteiger partial charge >= 0.3 is 0 Å². The predicted molar refractivity (Wildman–Crippen MR) is 82.0 cm³/mol. The van der Waals surface area contributed by atoms with Gasteiger partial charge in [-0.25, -0.2) is 0 Å². The Kier molecular flexibility index (Phi) is 5.01. The molecule has 0 saturated heterocycles. The number of hydrogen-bond acceptors (Lipinski definition) is 3. The van der Waals surface area contributed by atoms with Crippen molar-refractivity contribution in [3.05, 3.63) is 23.8 Å². The van der Waals surface area contributed by atoms with Gasteiger partial charge in [-0.2, -0.15) is 0 Å². The number of nitrogen functional groups attached to an aromatic ring is 1. The third-order valence-electron chi connectivity index (χ3n) is 3.32. The smallest absolute Gasteiger partial charge is 0.125 e. The molecule has 3 N–H and O–H groups in total. The number of thioether (sulfide) groups is 2. The van der Waals surface area contributed by atoms with Gasteiger partial charge in [-0.3, -0.25) is 5.41 Å². The monoisotopic (exact) mass is 280 g/mol. The van der Waals surface area contributed by atoms with Crippen LogP contribution >= 0.6 is 23.5 Å². The third-order valence-corrected chi connectivity index (χ3v) is 5.50. The highest BCUT2D eigenvalue weighted by molar-refractivity contribution is 8.00. The molecule has 98 valence electrons. The minimum Gasteiger partial charge on any atom is -0.384 e. The van der Waals surface area contributed by atoms with Crippen LogP contribution in [0, 0.1) is 5.41 Å². The van der Waals surface area contributed by atoms with Gasteiger partial charge in [-0.1, -0.05) is 25.3 Å². The third kappa shape index (κ3) is 3.23. The maximum absolute atomic E-state index is 7.79. The minimum atomic E-state index is 0.193. The Balaban J connectivity index is 2.23. The molecule has 1 aliphatic rings. The van der Waals surface area contributed by atoms with Crippen LogP contribution in [-0.4, -0.2) is 17.3 Å². The van der Waals surface area contributed by atoms with Crippen LogP contribution in [0.1, 0.15) is 37.7 Å². The molecule has 0 aromatic heterocycles. The van der Waals surface area contributed by atoms with Crippen molar-refractivity contribution < 1.29 is 0 Å². The first-order chi connectivity index (χ1) is 8.72. The summed E-state index contributed by atoms with van der Waals surface area (Å²) in [7, 11) is 0. The molecule has 1 fully saturated rings. The van der Waals surface area contributed by atoms with Crippen molar-refractivity contribution in [2.45, 2.75) is 47.1 Å². The van der Waals surface area contributed by atoms with Crippen molar-refractivity contribution in [3.8, 4) is 0 Å². The van der Waals surface area contributed by atoms with Crippen LogP contribution in [0.4, 0.5) is 0 Å². The first-order valence-corrected chi connectivity index (χ1v) is 8.51. The van der Waals surface area contributed by atoms with E-state index in [-0.39, 0.29) is 5.84 Å². The Morgan fingerprint density at radius 3 is 2.50 bits per heavy atom. The molecule has 0 aliphatic heterocycles. The summed E-state index contributed by atoms with van der Waals surface area (Å²) in [6.07, 6.45) is 8.69. The molecule has 1 aliphatic carbocycles. The van der Waals surface area contributed by atoms with E-state index in [0.717, 1.165) is 10.5 Å². The van der Waals surface area contributed by atoms with E-state index in [0.29, 0.717) is 5.25 Å². The zero-order chi connectivity index (χ0) is 13.0. The second kappa shape index (κ2) is 6.53. The number of benzene rings is 1. The highest BCUT2D eigenvalue weighted by Gasteiger charge is 2.18. The number of rotatable bonds is 4. The first-order valence-electron chi connectivity index (χ1n) is 6.40. The summed E-state index contributed by atoms with van der Waals surface area (Å²) in [5.41, 5.74) is 6.68. The fraction of sp³-hybridized carbons (Fsp3) is 0.500. The lowest BCUT2D eigenvalue weighted by Gasteiger charge is -2.22. The molecule has 4 heteroatoms. The van der Waals surface area contributed by atoms with Gasteiger partial charge in [0.2, 0.25) is 0 Å². The van der Waals surface area contributed by atoms with Crippen LogP contribution in [0.15, 0.2) is 28.0 Å². The number of nitrogens with one attached hydrogen (secondary N) is 1. The Bertz CT molecular complexity index is 426. The van der Waals surface area contributed by atoms with E-state index in [1.54, 1.807) is 11.8 Å². The Labute approximate surface area is 118 Å². The van der Waals surface area contributed by atoms with Gasteiger partial charge in [0.15, 0.2) is 0 Å². The van der Waals surface area contributed by atoms with E-state index in [4.69, 9.17) is 11.1 Å². The van der Waals surface area contributed by atoms with Crippen LogP contribution in [0.3, 0.4) is 0 Å². The molecule has 0 radical (unpaired) electrons. The Hall–Kier alpha value is -0.610. The van der Waals surface area contributed by atoms with Gasteiger partial charge in [-0.05, 0) is 31.2 Å². The van der Waals surface area contributed by atoms with E-state index >= 15 is 0 Å². The molecule has 1 saturated carbocycles. The normalized spacial score (nSPS) is 16.7. The minimum absolute atomic E-state index is 0.193. The van der Waals surface area contributed by atoms with E-state index in [2.05, 4.69) is 12.1 Å². The van der Waals surface area contributed by atoms with Gasteiger partial charge in [-0.15, -0.1) is 23.5 Å². The van der Waals surface area contributed by atoms with Crippen LogP contribution < -0.4 is 5.73 Å². The van der Waals surface area contributed by atoms with Gasteiger partial charge in [0.1, 0.15) is 5.84 Å². The molecule has 0 amide bonds. The topological polar surface area (TPSA) is 49.9 Å². The Morgan fingerprint density at radius 2 is 1.89 bits per heavy atom. The molecule has 0 atom stereocenters. The van der Waals surface area contributed by atoms with Crippen LogP contribution in [0.25, 0.3) is 0 Å². The molecular weight excluding hydrogens is 260 g/mol. The highest BCUT2D eigenvalue weighted by Crippen LogP contribution is 2.37. The van der Waals surface area contributed by atoms with Crippen LogP contribution in [0.5, 0.6) is 0 Å². The molecule has 2 rings (SSSR count). The lowest BCUT2D eigenvalue weighted by molar-refractivity contribution is 0.516. The second-order valence-electron chi connectivity index (χ2n) is 4.62. The number of nitrogens with two attached hydrogens (primary N) is 1. The summed E-state index contributed by atoms with van der Waals surface area (Å²) < 4.78 is 0. The summed E-state index contributed by atoms with van der Waals surface area (Å²) >= 11 is 3.58. The SMILES string of the molecule is CSc1cccc(SC2CCCCC2)c1C(=N)N. The van der Waals surface area contributed by atoms with Crippen LogP contribution in [-0.2, 0) is 0 Å². The van der Waals surface area contributed by atoms with E-state index in [9.17, 15) is 0 Å². The predicted octanol–water partition coefficient (Wildman–Crippen LogP) is 4.12. The Morgan fingerprint density at radius 1 is 1.22 bits per heavy atom. The molecule has 0 spiro atoms. The maximum atomic E-state index is 7.79. The fourth-order valence-electron chi connectivity index (χ4n) is 2.41. The van der Waals surface area contributed by atoms with Crippen molar-refractivity contribution >= 4 is 29.4 Å². The average Bonchev–Trinajstić information content (AvgIpc) is 2.39. The number of hydrogen-bond donors (Lipinski definition) is 2. The maximum Gasteiger partial charge on any atom is 0.125 e. The fourth-order valence-corrected chi connectivity index (χ4v) is 4.53. The van der Waals surface area contributed by atoms with Crippen molar-refractivity contribution in [2.24, 2.45) is 5.73 Å². The lowest BCUT2D eigenvalue weighted by atomic mass is 10.0. The summed E-state index contributed by atoms with van der Waals surface area (Å²) in [5.74, 6) is 0.193. The standard InChI is InChI=1S/C14H20N2S2/c1-17-11-8-5-9-12(13(11)14(15)16)18-10-6-3-2-4-7-10/h5,8-10H,2-4,6-7H2,1H3,(H3,15,16). The molecule has 18 heavy (non-hydrogen) atoms. The van der Waals surface area contributed by atoms with Crippen molar-refractivity contribution in [1.82, 2.24) is 0 Å². The molecule has 0 bridgehead atoms. The summed E-state index contributed by atoms with van der Waals surface area (Å²) in [6, 6.07) is 6.23. The quantitative estimate of drug-likeness (QED) is 0.495. The molecule has 1 aromatic rings. The largest absolute Gasteiger partial charge is 0.384 e. The lowest BCUT2D eigenvalue weighted by Crippen LogP contribution is -2.15. The number of amidine groups is 1. The molecular formula is C14H20N2S2. The van der Waals surface area contributed by atoms with Gasteiger partial charge in [0, 0.05) is 20.6 Å². The average molecular weight is 280 g/mol. The zero-order valence-electron chi connectivity index (χ0n) is 10.7. The molecule has 0 heterocycles. The van der Waals surface area contributed by atoms with Gasteiger partial charge in [0.05, 0.1) is 0 Å². The van der Waals surface area contributed by atoms with E-state index in [1.165, 1.54) is 37.0 Å². The summed E-state index contributed by atoms with van der Waals surface area (Å²) in [5, 5.41) is 8.49. The summed E-state index contributed by atoms with van der Waals surface area (Å²) in [4.78, 5) is 2.30. The van der Waals surface area contributed by atoms with E-state index < -0.39 is 0 Å². The van der Waals surface area contributed by atoms with Crippen LogP contribution in [0.2, 0.25) is 0 Å². The van der Waals surface area contributed by atoms with E-state index in [1.807, 2.05) is 24.1 Å². The van der Waals surface area contributed by atoms with Gasteiger partial charge < -0.3 is 5.73 Å². The second-order valence-corrected chi connectivity index (χ2v) is 6.82. The van der Waals surface area contributed by atoms with Crippen molar-refractivity contribution in [1.29, 1.82) is 5.41 Å². The van der Waals surface area contributed by atoms with Gasteiger partial charge in [0.25, 0.3) is 0 Å². The summed E-state index contributed by atoms with van der Waals surface area (Å²) in [6.45, 7) is 0. The molecule has 2 nitrogen and oxygen atoms in total. The molecule has 1 aromatic carbocycles. The van der Waals surface area contributed by atoms with Crippen molar-refractivity contribution in [3.63, 3.8) is 0 Å².